The summed E-state index contributed by atoms with van der Waals surface area (Å²) in [5, 5.41) is 0. The normalized spacial score (nSPS) is 14.7. The van der Waals surface area contributed by atoms with Crippen molar-refractivity contribution in [1.29, 1.82) is 0 Å². The molecule has 0 spiro atoms. The summed E-state index contributed by atoms with van der Waals surface area (Å²) in [5.41, 5.74) is -0.140. The molecule has 78 valence electrons. The lowest BCUT2D eigenvalue weighted by molar-refractivity contribution is -0.128. The molecule has 0 saturated carbocycles. The van der Waals surface area contributed by atoms with Gasteiger partial charge in [0.15, 0.2) is 0 Å². The summed E-state index contributed by atoms with van der Waals surface area (Å²) in [6, 6.07) is 0. The molecule has 0 aliphatic carbocycles. The summed E-state index contributed by atoms with van der Waals surface area (Å²) >= 11 is 0. The maximum atomic E-state index is 11.4. The molecule has 1 atom stereocenters. The molecular weight excluding hydrogens is 160 g/mol. The monoisotopic (exact) mass is 184 g/mol. The number of ketones is 1. The zero-order valence-corrected chi connectivity index (χ0v) is 9.98. The Labute approximate surface area is 82.9 Å². The van der Waals surface area contributed by atoms with E-state index in [0.717, 1.165) is 12.8 Å². The summed E-state index contributed by atoms with van der Waals surface area (Å²) in [6.07, 6.45) is 2.26. The minimum Gasteiger partial charge on any atom is -0.299 e. The van der Waals surface area contributed by atoms with Crippen LogP contribution in [0.5, 0.6) is 0 Å². The molecule has 13 heavy (non-hydrogen) atoms. The molecule has 0 aromatic rings. The molecule has 0 saturated heterocycles. The highest BCUT2D eigenvalue weighted by atomic mass is 16.1. The first-order valence-electron chi connectivity index (χ1n) is 5.33. The summed E-state index contributed by atoms with van der Waals surface area (Å²) < 4.78 is 0. The smallest absolute Gasteiger partial charge is 0.135 e. The summed E-state index contributed by atoms with van der Waals surface area (Å²) in [4.78, 5) is 11.4. The van der Waals surface area contributed by atoms with Gasteiger partial charge in [0, 0.05) is 5.41 Å². The second-order valence-corrected chi connectivity index (χ2v) is 5.01. The van der Waals surface area contributed by atoms with E-state index in [-0.39, 0.29) is 5.41 Å². The van der Waals surface area contributed by atoms with E-state index < -0.39 is 0 Å². The molecule has 1 nitrogen and oxygen atoms in total. The first-order chi connectivity index (χ1) is 5.82. The predicted octanol–water partition coefficient (Wildman–Crippen LogP) is 3.67. The van der Waals surface area contributed by atoms with Gasteiger partial charge in [-0.05, 0) is 25.2 Å². The standard InChI is InChI=1S/C12H24O/c1-7-11(8-9(2)3)12(5,6)10(4)13/h9,11H,7-8H2,1-6H3. The second-order valence-electron chi connectivity index (χ2n) is 5.01. The molecule has 1 heteroatoms. The van der Waals surface area contributed by atoms with Crippen molar-refractivity contribution >= 4 is 5.78 Å². The molecular formula is C12H24O. The van der Waals surface area contributed by atoms with Crippen molar-refractivity contribution < 1.29 is 4.79 Å². The summed E-state index contributed by atoms with van der Waals surface area (Å²) in [5.74, 6) is 1.54. The van der Waals surface area contributed by atoms with Crippen LogP contribution in [-0.2, 0) is 4.79 Å². The number of carbonyl (C=O) groups excluding carboxylic acids is 1. The number of rotatable bonds is 5. The van der Waals surface area contributed by atoms with E-state index in [1.807, 2.05) is 0 Å². The molecule has 0 N–H and O–H groups in total. The third-order valence-corrected chi connectivity index (χ3v) is 3.18. The van der Waals surface area contributed by atoms with Crippen molar-refractivity contribution in [3.05, 3.63) is 0 Å². The molecule has 1 unspecified atom stereocenters. The quantitative estimate of drug-likeness (QED) is 0.637. The van der Waals surface area contributed by atoms with Crippen molar-refractivity contribution in [3.8, 4) is 0 Å². The van der Waals surface area contributed by atoms with Crippen LogP contribution in [0.3, 0.4) is 0 Å². The average Bonchev–Trinajstić information content (AvgIpc) is 1.99. The van der Waals surface area contributed by atoms with E-state index >= 15 is 0 Å². The van der Waals surface area contributed by atoms with Gasteiger partial charge in [0.2, 0.25) is 0 Å². The van der Waals surface area contributed by atoms with E-state index in [2.05, 4.69) is 34.6 Å². The Kier molecular flexibility index (Phi) is 4.66. The van der Waals surface area contributed by atoms with Gasteiger partial charge < -0.3 is 0 Å². The molecule has 0 aromatic heterocycles. The van der Waals surface area contributed by atoms with E-state index in [1.165, 1.54) is 0 Å². The minimum atomic E-state index is -0.140. The van der Waals surface area contributed by atoms with Crippen LogP contribution >= 0.6 is 0 Å². The van der Waals surface area contributed by atoms with Gasteiger partial charge in [0.05, 0.1) is 0 Å². The lowest BCUT2D eigenvalue weighted by atomic mass is 9.71. The molecule has 0 aromatic carbocycles. The van der Waals surface area contributed by atoms with Crippen molar-refractivity contribution in [2.75, 3.05) is 0 Å². The maximum absolute atomic E-state index is 11.4. The predicted molar refractivity (Wildman–Crippen MR) is 57.7 cm³/mol. The van der Waals surface area contributed by atoms with E-state index in [9.17, 15) is 4.79 Å². The fraction of sp³-hybridized carbons (Fsp3) is 0.917. The molecule has 0 aliphatic rings. The third kappa shape index (κ3) is 3.50. The molecule has 0 heterocycles. The molecule has 0 radical (unpaired) electrons. The number of carbonyl (C=O) groups is 1. The highest BCUT2D eigenvalue weighted by molar-refractivity contribution is 5.81. The summed E-state index contributed by atoms with van der Waals surface area (Å²) in [6.45, 7) is 12.5. The Morgan fingerprint density at radius 1 is 1.31 bits per heavy atom. The van der Waals surface area contributed by atoms with Gasteiger partial charge in [-0.1, -0.05) is 41.0 Å². The van der Waals surface area contributed by atoms with Crippen LogP contribution in [0, 0.1) is 17.3 Å². The maximum Gasteiger partial charge on any atom is 0.135 e. The lowest BCUT2D eigenvalue weighted by Gasteiger charge is -2.32. The second kappa shape index (κ2) is 4.78. The van der Waals surface area contributed by atoms with Gasteiger partial charge in [-0.3, -0.25) is 4.79 Å². The number of hydrogen-bond acceptors (Lipinski definition) is 1. The van der Waals surface area contributed by atoms with Gasteiger partial charge in [-0.2, -0.15) is 0 Å². The molecule has 0 bridgehead atoms. The Morgan fingerprint density at radius 2 is 1.77 bits per heavy atom. The van der Waals surface area contributed by atoms with Crippen LogP contribution in [0.2, 0.25) is 0 Å². The highest BCUT2D eigenvalue weighted by Gasteiger charge is 2.32. The third-order valence-electron chi connectivity index (χ3n) is 3.18. The van der Waals surface area contributed by atoms with Gasteiger partial charge in [-0.25, -0.2) is 0 Å². The van der Waals surface area contributed by atoms with Crippen molar-refractivity contribution in [2.24, 2.45) is 17.3 Å². The Balaban J connectivity index is 4.46. The van der Waals surface area contributed by atoms with Crippen molar-refractivity contribution in [1.82, 2.24) is 0 Å². The van der Waals surface area contributed by atoms with E-state index in [0.29, 0.717) is 17.6 Å². The minimum absolute atomic E-state index is 0.140. The van der Waals surface area contributed by atoms with Crippen LogP contribution in [0.25, 0.3) is 0 Å². The van der Waals surface area contributed by atoms with Crippen LogP contribution in [0.4, 0.5) is 0 Å². The van der Waals surface area contributed by atoms with Crippen molar-refractivity contribution in [3.63, 3.8) is 0 Å². The lowest BCUT2D eigenvalue weighted by Crippen LogP contribution is -2.31. The number of Topliss-reactive ketones (excluding diaryl/α,β-unsaturated/α-hetero) is 1. The topological polar surface area (TPSA) is 17.1 Å². The van der Waals surface area contributed by atoms with Crippen LogP contribution in [0.1, 0.15) is 54.4 Å². The fourth-order valence-corrected chi connectivity index (χ4v) is 1.83. The van der Waals surface area contributed by atoms with Crippen molar-refractivity contribution in [2.45, 2.75) is 54.4 Å². The molecule has 0 rings (SSSR count). The van der Waals surface area contributed by atoms with Gasteiger partial charge in [0.25, 0.3) is 0 Å². The highest BCUT2D eigenvalue weighted by Crippen LogP contribution is 2.34. The van der Waals surface area contributed by atoms with Gasteiger partial charge >= 0.3 is 0 Å². The van der Waals surface area contributed by atoms with E-state index in [4.69, 9.17) is 0 Å². The average molecular weight is 184 g/mol. The first-order valence-corrected chi connectivity index (χ1v) is 5.33. The zero-order chi connectivity index (χ0) is 10.6. The number of hydrogen-bond donors (Lipinski definition) is 0. The molecule has 0 fully saturated rings. The van der Waals surface area contributed by atoms with E-state index in [1.54, 1.807) is 6.92 Å². The zero-order valence-electron chi connectivity index (χ0n) is 9.98. The molecule has 0 aliphatic heterocycles. The first kappa shape index (κ1) is 12.7. The van der Waals surface area contributed by atoms with Gasteiger partial charge in [-0.15, -0.1) is 0 Å². The van der Waals surface area contributed by atoms with Gasteiger partial charge in [0.1, 0.15) is 5.78 Å². The summed E-state index contributed by atoms with van der Waals surface area (Å²) in [7, 11) is 0. The van der Waals surface area contributed by atoms with Crippen LogP contribution in [-0.4, -0.2) is 5.78 Å². The Hall–Kier alpha value is -0.330. The largest absolute Gasteiger partial charge is 0.299 e. The molecule has 0 amide bonds. The Bertz CT molecular complexity index is 168. The van der Waals surface area contributed by atoms with Crippen LogP contribution < -0.4 is 0 Å². The Morgan fingerprint density at radius 3 is 2.00 bits per heavy atom. The fourth-order valence-electron chi connectivity index (χ4n) is 1.83. The van der Waals surface area contributed by atoms with Crippen LogP contribution in [0.15, 0.2) is 0 Å². The SMILES string of the molecule is CCC(CC(C)C)C(C)(C)C(C)=O.